The molecule has 0 aromatic heterocycles. The first-order chi connectivity index (χ1) is 6.99. The quantitative estimate of drug-likeness (QED) is 0.694. The Morgan fingerprint density at radius 2 is 1.62 bits per heavy atom. The summed E-state index contributed by atoms with van der Waals surface area (Å²) >= 11 is 0. The number of carbonyl (C=O) groups excluding carboxylic acids is 1. The second-order valence-electron chi connectivity index (χ2n) is 6.63. The van der Waals surface area contributed by atoms with Gasteiger partial charge in [-0.1, -0.05) is 20.8 Å². The summed E-state index contributed by atoms with van der Waals surface area (Å²) in [5.74, 6) is -0.149. The molecule has 0 atom stereocenters. The maximum absolute atomic E-state index is 11.5. The number of hydrogen-bond donors (Lipinski definition) is 0. The summed E-state index contributed by atoms with van der Waals surface area (Å²) in [5.41, 5.74) is -0.0792. The van der Waals surface area contributed by atoms with Crippen molar-refractivity contribution < 1.29 is 9.53 Å². The smallest absolute Gasteiger partial charge is 0.320 e. The number of nitrogens with zero attached hydrogens (tertiary/aromatic N) is 1. The Morgan fingerprint density at radius 1 is 1.12 bits per heavy atom. The Kier molecular flexibility index (Phi) is 5.47. The average Bonchev–Trinajstić information content (AvgIpc) is 1.95. The van der Waals surface area contributed by atoms with Crippen LogP contribution in [0.1, 0.15) is 48.0 Å². The molecule has 0 aromatic carbocycles. The molecule has 0 aromatic rings. The van der Waals surface area contributed by atoms with E-state index in [1.165, 1.54) is 0 Å². The molecule has 0 fully saturated rings. The van der Waals surface area contributed by atoms with Crippen LogP contribution < -0.4 is 0 Å². The van der Waals surface area contributed by atoms with Crippen molar-refractivity contribution in [1.29, 1.82) is 0 Å². The monoisotopic (exact) mass is 229 g/mol. The van der Waals surface area contributed by atoms with Crippen molar-refractivity contribution in [2.75, 3.05) is 20.1 Å². The zero-order chi connectivity index (χ0) is 13.0. The molecule has 0 heterocycles. The second kappa shape index (κ2) is 5.67. The first-order valence-corrected chi connectivity index (χ1v) is 5.90. The first-order valence-electron chi connectivity index (χ1n) is 5.90. The predicted molar refractivity (Wildman–Crippen MR) is 67.4 cm³/mol. The van der Waals surface area contributed by atoms with Crippen molar-refractivity contribution in [3.63, 3.8) is 0 Å². The molecule has 96 valence electrons. The van der Waals surface area contributed by atoms with Gasteiger partial charge in [-0.25, -0.2) is 0 Å². The number of likely N-dealkylation sites (N-methyl/N-ethyl adjacent to an activating group) is 1. The molecule has 0 amide bonds. The van der Waals surface area contributed by atoms with Crippen molar-refractivity contribution >= 4 is 5.97 Å². The predicted octanol–water partition coefficient (Wildman–Crippen LogP) is 2.70. The molecule has 0 saturated carbocycles. The van der Waals surface area contributed by atoms with Gasteiger partial charge < -0.3 is 4.74 Å². The van der Waals surface area contributed by atoms with Gasteiger partial charge in [0.05, 0.1) is 6.54 Å². The van der Waals surface area contributed by atoms with Crippen LogP contribution in [0.3, 0.4) is 0 Å². The summed E-state index contributed by atoms with van der Waals surface area (Å²) in [5, 5.41) is 0. The third-order valence-electron chi connectivity index (χ3n) is 2.06. The van der Waals surface area contributed by atoms with Crippen LogP contribution in [0.4, 0.5) is 0 Å². The minimum Gasteiger partial charge on any atom is -0.459 e. The standard InChI is InChI=1S/C13H27NO2/c1-12(2,3)8-9-14(7)10-11(15)16-13(4,5)6/h8-10H2,1-7H3. The number of esters is 1. The summed E-state index contributed by atoms with van der Waals surface area (Å²) < 4.78 is 5.26. The Hall–Kier alpha value is -0.570. The van der Waals surface area contributed by atoms with Crippen LogP contribution in [-0.2, 0) is 9.53 Å². The molecule has 0 saturated heterocycles. The van der Waals surface area contributed by atoms with Crippen molar-refractivity contribution in [3.8, 4) is 0 Å². The Labute approximate surface area is 100 Å². The van der Waals surface area contributed by atoms with Gasteiger partial charge in [0, 0.05) is 0 Å². The minimum atomic E-state index is -0.387. The van der Waals surface area contributed by atoms with E-state index in [2.05, 4.69) is 20.8 Å². The van der Waals surface area contributed by atoms with E-state index in [1.807, 2.05) is 32.7 Å². The van der Waals surface area contributed by atoms with Crippen molar-refractivity contribution in [2.24, 2.45) is 5.41 Å². The third kappa shape index (κ3) is 9.97. The highest BCUT2D eigenvalue weighted by Crippen LogP contribution is 2.18. The fraction of sp³-hybridized carbons (Fsp3) is 0.923. The van der Waals surface area contributed by atoms with E-state index in [4.69, 9.17) is 4.74 Å². The van der Waals surface area contributed by atoms with E-state index in [1.54, 1.807) is 0 Å². The number of carbonyl (C=O) groups is 1. The lowest BCUT2D eigenvalue weighted by atomic mass is 9.92. The molecule has 0 N–H and O–H groups in total. The van der Waals surface area contributed by atoms with Gasteiger partial charge in [-0.15, -0.1) is 0 Å². The Morgan fingerprint density at radius 3 is 2.00 bits per heavy atom. The highest BCUT2D eigenvalue weighted by molar-refractivity contribution is 5.72. The highest BCUT2D eigenvalue weighted by Gasteiger charge is 2.18. The molecule has 3 nitrogen and oxygen atoms in total. The van der Waals surface area contributed by atoms with Gasteiger partial charge in [-0.05, 0) is 46.2 Å². The topological polar surface area (TPSA) is 29.5 Å². The zero-order valence-electron chi connectivity index (χ0n) is 11.9. The normalized spacial score (nSPS) is 13.0. The number of ether oxygens (including phenoxy) is 1. The molecular weight excluding hydrogens is 202 g/mol. The summed E-state index contributed by atoms with van der Waals surface area (Å²) in [6.45, 7) is 13.6. The van der Waals surface area contributed by atoms with Crippen LogP contribution >= 0.6 is 0 Å². The maximum atomic E-state index is 11.5. The molecule has 16 heavy (non-hydrogen) atoms. The van der Waals surface area contributed by atoms with Gasteiger partial charge in [0.25, 0.3) is 0 Å². The van der Waals surface area contributed by atoms with Crippen LogP contribution in [0.25, 0.3) is 0 Å². The van der Waals surface area contributed by atoms with E-state index in [-0.39, 0.29) is 11.6 Å². The first kappa shape index (κ1) is 15.4. The largest absolute Gasteiger partial charge is 0.459 e. The maximum Gasteiger partial charge on any atom is 0.320 e. The van der Waals surface area contributed by atoms with Crippen LogP contribution in [0.15, 0.2) is 0 Å². The number of hydrogen-bond acceptors (Lipinski definition) is 3. The number of rotatable bonds is 4. The summed E-state index contributed by atoms with van der Waals surface area (Å²) in [6, 6.07) is 0. The molecule has 0 rings (SSSR count). The van der Waals surface area contributed by atoms with Gasteiger partial charge >= 0.3 is 5.97 Å². The molecule has 0 aliphatic carbocycles. The van der Waals surface area contributed by atoms with Crippen molar-refractivity contribution in [1.82, 2.24) is 4.90 Å². The van der Waals surface area contributed by atoms with Crippen molar-refractivity contribution in [3.05, 3.63) is 0 Å². The summed E-state index contributed by atoms with van der Waals surface area (Å²) in [4.78, 5) is 13.5. The van der Waals surface area contributed by atoms with Gasteiger partial charge in [-0.3, -0.25) is 9.69 Å². The summed E-state index contributed by atoms with van der Waals surface area (Å²) in [6.07, 6.45) is 1.08. The van der Waals surface area contributed by atoms with Gasteiger partial charge in [-0.2, -0.15) is 0 Å². The van der Waals surface area contributed by atoms with Gasteiger partial charge in [0.1, 0.15) is 5.60 Å². The average molecular weight is 229 g/mol. The third-order valence-corrected chi connectivity index (χ3v) is 2.06. The molecule has 3 heteroatoms. The van der Waals surface area contributed by atoms with Crippen molar-refractivity contribution in [2.45, 2.75) is 53.6 Å². The fourth-order valence-corrected chi connectivity index (χ4v) is 1.20. The molecule has 0 radical (unpaired) electrons. The van der Waals surface area contributed by atoms with Crippen LogP contribution in [0.2, 0.25) is 0 Å². The van der Waals surface area contributed by atoms with Crippen LogP contribution in [0, 0.1) is 5.41 Å². The Bertz CT molecular complexity index is 223. The fourth-order valence-electron chi connectivity index (χ4n) is 1.20. The lowest BCUT2D eigenvalue weighted by molar-refractivity contribution is -0.155. The molecule has 0 aliphatic heterocycles. The van der Waals surface area contributed by atoms with E-state index in [0.717, 1.165) is 13.0 Å². The molecule has 0 bridgehead atoms. The highest BCUT2D eigenvalue weighted by atomic mass is 16.6. The van der Waals surface area contributed by atoms with Crippen LogP contribution in [0.5, 0.6) is 0 Å². The van der Waals surface area contributed by atoms with E-state index >= 15 is 0 Å². The lowest BCUT2D eigenvalue weighted by Crippen LogP contribution is -2.34. The van der Waals surface area contributed by atoms with Crippen LogP contribution in [-0.4, -0.2) is 36.6 Å². The Balaban J connectivity index is 3.88. The molecule has 0 aliphatic rings. The van der Waals surface area contributed by atoms with E-state index in [0.29, 0.717) is 12.0 Å². The molecular formula is C13H27NO2. The molecule has 0 spiro atoms. The minimum absolute atomic E-state index is 0.149. The zero-order valence-corrected chi connectivity index (χ0v) is 11.9. The second-order valence-corrected chi connectivity index (χ2v) is 6.63. The van der Waals surface area contributed by atoms with E-state index < -0.39 is 0 Å². The van der Waals surface area contributed by atoms with E-state index in [9.17, 15) is 4.79 Å². The lowest BCUT2D eigenvalue weighted by Gasteiger charge is -2.25. The summed E-state index contributed by atoms with van der Waals surface area (Å²) in [7, 11) is 1.95. The molecule has 0 unspecified atom stereocenters. The van der Waals surface area contributed by atoms with Gasteiger partial charge in [0.2, 0.25) is 0 Å². The SMILES string of the molecule is CN(CCC(C)(C)C)CC(=O)OC(C)(C)C. The van der Waals surface area contributed by atoms with Gasteiger partial charge in [0.15, 0.2) is 0 Å².